The lowest BCUT2D eigenvalue weighted by molar-refractivity contribution is 0.254. The molecular weight excluding hydrogens is 156 g/mol. The Balaban J connectivity index is 2.73. The normalized spacial score (nSPS) is 11.9. The van der Waals surface area contributed by atoms with Crippen LogP contribution in [0.3, 0.4) is 0 Å². The minimum atomic E-state index is 0.142. The molecule has 0 saturated heterocycles. The molecule has 0 aliphatic rings. The molecule has 0 saturated carbocycles. The highest BCUT2D eigenvalue weighted by molar-refractivity contribution is 7.10. The third kappa shape index (κ3) is 2.04. The quantitative estimate of drug-likeness (QED) is 0.738. The first-order valence-corrected chi connectivity index (χ1v) is 4.69. The molecule has 0 fully saturated rings. The lowest BCUT2D eigenvalue weighted by atomic mass is 9.88. The number of hydrogen-bond donors (Lipinski definition) is 1. The summed E-state index contributed by atoms with van der Waals surface area (Å²) in [7, 11) is 0. The van der Waals surface area contributed by atoms with Crippen molar-refractivity contribution in [1.82, 2.24) is 0 Å². The molecule has 1 rings (SSSR count). The topological polar surface area (TPSA) is 20.2 Å². The highest BCUT2D eigenvalue weighted by Gasteiger charge is 2.20. The molecule has 2 heteroatoms. The van der Waals surface area contributed by atoms with Crippen LogP contribution in [-0.4, -0.2) is 11.7 Å². The zero-order chi connectivity index (χ0) is 8.32. The Hall–Kier alpha value is -0.340. The predicted octanol–water partition coefficient (Wildman–Crippen LogP) is 2.41. The van der Waals surface area contributed by atoms with Gasteiger partial charge in [-0.2, -0.15) is 0 Å². The van der Waals surface area contributed by atoms with Crippen LogP contribution in [0.5, 0.6) is 0 Å². The summed E-state index contributed by atoms with van der Waals surface area (Å²) in [6.45, 7) is 4.59. The van der Waals surface area contributed by atoms with Crippen molar-refractivity contribution in [2.75, 3.05) is 6.61 Å². The van der Waals surface area contributed by atoms with E-state index in [1.165, 1.54) is 4.88 Å². The molecule has 0 atom stereocenters. The van der Waals surface area contributed by atoms with Crippen molar-refractivity contribution < 1.29 is 5.11 Å². The van der Waals surface area contributed by atoms with Gasteiger partial charge in [-0.15, -0.1) is 11.3 Å². The van der Waals surface area contributed by atoms with Crippen LogP contribution in [0.4, 0.5) is 0 Å². The maximum Gasteiger partial charge on any atom is 0.0439 e. The summed E-state index contributed by atoms with van der Waals surface area (Å²) in [6.07, 6.45) is 0.841. The smallest absolute Gasteiger partial charge is 0.0439 e. The minimum absolute atomic E-state index is 0.142. The van der Waals surface area contributed by atoms with Crippen LogP contribution < -0.4 is 0 Å². The minimum Gasteiger partial charge on any atom is -0.396 e. The number of rotatable bonds is 3. The zero-order valence-corrected chi connectivity index (χ0v) is 7.82. The van der Waals surface area contributed by atoms with Gasteiger partial charge in [0.2, 0.25) is 0 Å². The Bertz CT molecular complexity index is 201. The van der Waals surface area contributed by atoms with Gasteiger partial charge in [0, 0.05) is 16.9 Å². The average molecular weight is 170 g/mol. The average Bonchev–Trinajstić information content (AvgIpc) is 2.37. The van der Waals surface area contributed by atoms with Gasteiger partial charge in [-0.3, -0.25) is 0 Å². The molecule has 62 valence electrons. The van der Waals surface area contributed by atoms with Crippen molar-refractivity contribution in [3.05, 3.63) is 22.4 Å². The van der Waals surface area contributed by atoms with E-state index in [1.54, 1.807) is 11.3 Å². The van der Waals surface area contributed by atoms with E-state index >= 15 is 0 Å². The molecule has 0 aliphatic heterocycles. The van der Waals surface area contributed by atoms with Gasteiger partial charge in [0.05, 0.1) is 0 Å². The summed E-state index contributed by atoms with van der Waals surface area (Å²) >= 11 is 1.76. The summed E-state index contributed by atoms with van der Waals surface area (Å²) in [5.41, 5.74) is 0.142. The van der Waals surface area contributed by atoms with Crippen molar-refractivity contribution in [3.8, 4) is 0 Å². The second-order valence-corrected chi connectivity index (χ2v) is 4.28. The Morgan fingerprint density at radius 2 is 2.27 bits per heavy atom. The Morgan fingerprint density at radius 1 is 1.55 bits per heavy atom. The Kier molecular flexibility index (Phi) is 2.68. The SMILES string of the molecule is CC(C)(CCO)c1cccs1. The summed E-state index contributed by atoms with van der Waals surface area (Å²) in [6, 6.07) is 4.18. The molecule has 0 aromatic carbocycles. The molecule has 0 bridgehead atoms. The zero-order valence-electron chi connectivity index (χ0n) is 7.00. The number of aliphatic hydroxyl groups excluding tert-OH is 1. The lowest BCUT2D eigenvalue weighted by Gasteiger charge is -2.21. The van der Waals surface area contributed by atoms with Crippen molar-refractivity contribution in [2.24, 2.45) is 0 Å². The van der Waals surface area contributed by atoms with Gasteiger partial charge < -0.3 is 5.11 Å². The predicted molar refractivity (Wildman–Crippen MR) is 49.0 cm³/mol. The molecule has 1 heterocycles. The van der Waals surface area contributed by atoms with E-state index in [0.29, 0.717) is 0 Å². The molecule has 0 radical (unpaired) electrons. The molecule has 1 aromatic heterocycles. The van der Waals surface area contributed by atoms with E-state index in [0.717, 1.165) is 6.42 Å². The Labute approximate surface area is 71.7 Å². The van der Waals surface area contributed by atoms with Gasteiger partial charge in [-0.05, 0) is 17.9 Å². The van der Waals surface area contributed by atoms with Crippen LogP contribution in [0.2, 0.25) is 0 Å². The molecule has 0 aliphatic carbocycles. The molecule has 0 amide bonds. The first-order chi connectivity index (χ1) is 5.17. The van der Waals surface area contributed by atoms with Crippen molar-refractivity contribution in [1.29, 1.82) is 0 Å². The van der Waals surface area contributed by atoms with Gasteiger partial charge in [-0.25, -0.2) is 0 Å². The van der Waals surface area contributed by atoms with Crippen LogP contribution in [-0.2, 0) is 5.41 Å². The van der Waals surface area contributed by atoms with Gasteiger partial charge in [-0.1, -0.05) is 19.9 Å². The first-order valence-electron chi connectivity index (χ1n) is 3.81. The third-order valence-electron chi connectivity index (χ3n) is 1.93. The van der Waals surface area contributed by atoms with E-state index in [-0.39, 0.29) is 12.0 Å². The van der Waals surface area contributed by atoms with Crippen molar-refractivity contribution in [2.45, 2.75) is 25.7 Å². The maximum atomic E-state index is 8.81. The molecule has 11 heavy (non-hydrogen) atoms. The fourth-order valence-corrected chi connectivity index (χ4v) is 1.95. The maximum absolute atomic E-state index is 8.81. The standard InChI is InChI=1S/C9H14OS/c1-9(2,5-6-10)8-4-3-7-11-8/h3-4,7,10H,5-6H2,1-2H3. The molecule has 0 spiro atoms. The molecule has 1 aromatic rings. The van der Waals surface area contributed by atoms with Crippen LogP contribution in [0, 0.1) is 0 Å². The number of thiophene rings is 1. The van der Waals surface area contributed by atoms with Crippen LogP contribution in [0.25, 0.3) is 0 Å². The van der Waals surface area contributed by atoms with E-state index < -0.39 is 0 Å². The van der Waals surface area contributed by atoms with E-state index in [2.05, 4.69) is 31.4 Å². The highest BCUT2D eigenvalue weighted by atomic mass is 32.1. The second-order valence-electron chi connectivity index (χ2n) is 3.33. The van der Waals surface area contributed by atoms with Gasteiger partial charge in [0.15, 0.2) is 0 Å². The van der Waals surface area contributed by atoms with E-state index in [1.807, 2.05) is 0 Å². The molecule has 1 N–H and O–H groups in total. The fraction of sp³-hybridized carbons (Fsp3) is 0.556. The third-order valence-corrected chi connectivity index (χ3v) is 3.16. The largest absolute Gasteiger partial charge is 0.396 e. The second kappa shape index (κ2) is 3.37. The fourth-order valence-electron chi connectivity index (χ4n) is 1.07. The number of aliphatic hydroxyl groups is 1. The first kappa shape index (κ1) is 8.75. The summed E-state index contributed by atoms with van der Waals surface area (Å²) < 4.78 is 0. The van der Waals surface area contributed by atoms with Crippen molar-refractivity contribution in [3.63, 3.8) is 0 Å². The van der Waals surface area contributed by atoms with Crippen molar-refractivity contribution >= 4 is 11.3 Å². The number of hydrogen-bond acceptors (Lipinski definition) is 2. The summed E-state index contributed by atoms with van der Waals surface area (Å²) in [5.74, 6) is 0. The molecule has 1 nitrogen and oxygen atoms in total. The summed E-state index contributed by atoms with van der Waals surface area (Å²) in [4.78, 5) is 1.35. The summed E-state index contributed by atoms with van der Waals surface area (Å²) in [5, 5.41) is 10.9. The molecule has 0 unspecified atom stereocenters. The highest BCUT2D eigenvalue weighted by Crippen LogP contribution is 2.29. The van der Waals surface area contributed by atoms with Gasteiger partial charge >= 0.3 is 0 Å². The van der Waals surface area contributed by atoms with E-state index in [4.69, 9.17) is 5.11 Å². The lowest BCUT2D eigenvalue weighted by Crippen LogP contribution is -2.16. The molecular formula is C9H14OS. The Morgan fingerprint density at radius 3 is 2.73 bits per heavy atom. The van der Waals surface area contributed by atoms with E-state index in [9.17, 15) is 0 Å². The van der Waals surface area contributed by atoms with Crippen LogP contribution >= 0.6 is 11.3 Å². The monoisotopic (exact) mass is 170 g/mol. The van der Waals surface area contributed by atoms with Gasteiger partial charge in [0.25, 0.3) is 0 Å². The van der Waals surface area contributed by atoms with Crippen LogP contribution in [0.1, 0.15) is 25.1 Å². The van der Waals surface area contributed by atoms with Crippen LogP contribution in [0.15, 0.2) is 17.5 Å². The van der Waals surface area contributed by atoms with Gasteiger partial charge in [0.1, 0.15) is 0 Å².